The molecule has 1 heterocycles. The van der Waals surface area contributed by atoms with Crippen LogP contribution in [0.25, 0.3) is 0 Å². The molecular weight excluding hydrogens is 540 g/mol. The van der Waals surface area contributed by atoms with Gasteiger partial charge < -0.3 is 0 Å². The zero-order valence-electron chi connectivity index (χ0n) is 22.6. The fourth-order valence-electron chi connectivity index (χ4n) is 5.05. The molecule has 0 spiro atoms. The van der Waals surface area contributed by atoms with E-state index in [-0.39, 0.29) is 18.1 Å². The molecule has 2 aromatic carbocycles. The van der Waals surface area contributed by atoms with E-state index in [0.717, 1.165) is 66.9 Å². The fourth-order valence-corrected chi connectivity index (χ4v) is 5.96. The smallest absolute Gasteiger partial charge is 0.264 e. The number of allylic oxidation sites excluding steroid dienone is 1. The van der Waals surface area contributed by atoms with Crippen molar-refractivity contribution < 1.29 is 37.0 Å². The Morgan fingerprint density at radius 3 is 2.51 bits per heavy atom. The molecule has 1 atom stereocenters. The molecule has 1 amide bonds. The number of carbonyl (C=O) groups excluding carboxylic acids is 1. The Kier molecular flexibility index (Phi) is 11.3. The van der Waals surface area contributed by atoms with Crippen molar-refractivity contribution in [1.29, 1.82) is 0 Å². The average molecular weight is 578 g/mol. The number of fused-ring (bicyclic) bond motifs is 1. The number of para-hydroxylation sites is 1. The molecule has 0 fully saturated rings. The number of hydrogen-bond acceptors (Lipinski definition) is 7. The number of rotatable bonds is 15. The molecule has 1 aliphatic rings. The maximum absolute atomic E-state index is 12.6. The lowest BCUT2D eigenvalue weighted by atomic mass is 9.76. The Morgan fingerprint density at radius 1 is 1.13 bits per heavy atom. The van der Waals surface area contributed by atoms with Gasteiger partial charge in [-0.05, 0) is 50.5 Å². The normalized spacial score (nSPS) is 17.2. The van der Waals surface area contributed by atoms with Gasteiger partial charge in [0.15, 0.2) is 5.71 Å². The standard InChI is InChI=1S/C28H36N2O7S2/c1-4-5-6-10-18-30-26-15-14-24(38-37-36-32)21-25(26)28(3,17-11-20-39(33,34)35)27(30)16-19-29(22(2)31)23-12-8-7-9-13-23/h7-9,12-16,19,21H,4-6,10-11,17-18,20H2,1-3H3,(H-,32,33,34,35)/p+1. The molecule has 0 saturated carbocycles. The molecule has 212 valence electrons. The van der Waals surface area contributed by atoms with Crippen LogP contribution in [0.5, 0.6) is 0 Å². The van der Waals surface area contributed by atoms with Gasteiger partial charge in [-0.15, -0.1) is 4.33 Å². The maximum atomic E-state index is 12.6. The number of benzene rings is 2. The largest absolute Gasteiger partial charge is 0.288 e. The van der Waals surface area contributed by atoms with Crippen LogP contribution < -0.4 is 4.90 Å². The molecule has 1 unspecified atom stereocenters. The van der Waals surface area contributed by atoms with Gasteiger partial charge in [-0.25, -0.2) is 5.26 Å². The molecule has 2 aromatic rings. The highest BCUT2D eigenvalue weighted by atomic mass is 32.2. The molecule has 0 saturated heterocycles. The van der Waals surface area contributed by atoms with Gasteiger partial charge in [0, 0.05) is 47.8 Å². The van der Waals surface area contributed by atoms with Crippen molar-refractivity contribution >= 4 is 45.2 Å². The molecular formula is C28H37N2O7S2+. The highest BCUT2D eigenvalue weighted by Gasteiger charge is 2.47. The number of amides is 1. The fraction of sp³-hybridized carbons (Fsp3) is 0.429. The van der Waals surface area contributed by atoms with E-state index in [2.05, 4.69) is 20.9 Å². The predicted octanol–water partition coefficient (Wildman–Crippen LogP) is 6.29. The van der Waals surface area contributed by atoms with Crippen molar-refractivity contribution in [3.05, 3.63) is 66.4 Å². The third-order valence-electron chi connectivity index (χ3n) is 6.94. The number of hydrogen-bond donors (Lipinski definition) is 2. The number of unbranched alkanes of at least 4 members (excludes halogenated alkanes) is 3. The van der Waals surface area contributed by atoms with Crippen molar-refractivity contribution in [3.63, 3.8) is 0 Å². The van der Waals surface area contributed by atoms with Gasteiger partial charge in [0.1, 0.15) is 6.54 Å². The van der Waals surface area contributed by atoms with Gasteiger partial charge in [0.2, 0.25) is 11.6 Å². The third-order valence-corrected chi connectivity index (χ3v) is 8.32. The summed E-state index contributed by atoms with van der Waals surface area (Å²) >= 11 is 0.855. The summed E-state index contributed by atoms with van der Waals surface area (Å²) in [6.45, 7) is 6.45. The summed E-state index contributed by atoms with van der Waals surface area (Å²) < 4.78 is 39.4. The van der Waals surface area contributed by atoms with Crippen molar-refractivity contribution in [2.75, 3.05) is 17.2 Å². The minimum atomic E-state index is -4.13. The lowest BCUT2D eigenvalue weighted by Gasteiger charge is -2.23. The Morgan fingerprint density at radius 2 is 1.87 bits per heavy atom. The average Bonchev–Trinajstić information content (AvgIpc) is 3.12. The second-order valence-electron chi connectivity index (χ2n) is 9.76. The van der Waals surface area contributed by atoms with Crippen LogP contribution in [-0.4, -0.2) is 46.7 Å². The SMILES string of the molecule is CCCCCC[N+]1=C(/C=C/N(C(C)=O)c2ccccc2)C(C)(CCCS(=O)(=O)O)c2cc(SOOO)ccc21. The molecule has 0 bridgehead atoms. The van der Waals surface area contributed by atoms with E-state index in [1.54, 1.807) is 11.1 Å². The summed E-state index contributed by atoms with van der Waals surface area (Å²) in [5.74, 6) is -0.499. The minimum absolute atomic E-state index is 0.143. The zero-order valence-corrected chi connectivity index (χ0v) is 24.2. The van der Waals surface area contributed by atoms with Crippen molar-refractivity contribution in [2.24, 2.45) is 0 Å². The Bertz CT molecular complexity index is 1300. The van der Waals surface area contributed by atoms with E-state index in [0.29, 0.717) is 11.3 Å². The summed E-state index contributed by atoms with van der Waals surface area (Å²) in [6.07, 6.45) is 8.62. The highest BCUT2D eigenvalue weighted by Crippen LogP contribution is 2.45. The first-order valence-electron chi connectivity index (χ1n) is 13.0. The van der Waals surface area contributed by atoms with Crippen LogP contribution in [0.2, 0.25) is 0 Å². The van der Waals surface area contributed by atoms with Crippen LogP contribution >= 0.6 is 12.0 Å². The molecule has 0 aromatic heterocycles. The lowest BCUT2D eigenvalue weighted by molar-refractivity contribution is -0.438. The van der Waals surface area contributed by atoms with Gasteiger partial charge in [-0.1, -0.05) is 43.0 Å². The molecule has 0 radical (unpaired) electrons. The molecule has 9 nitrogen and oxygen atoms in total. The molecule has 0 aliphatic carbocycles. The zero-order chi connectivity index (χ0) is 28.5. The van der Waals surface area contributed by atoms with Crippen LogP contribution in [-0.2, 0) is 29.7 Å². The second kappa shape index (κ2) is 14.2. The minimum Gasteiger partial charge on any atom is -0.288 e. The monoisotopic (exact) mass is 577 g/mol. The summed E-state index contributed by atoms with van der Waals surface area (Å²) in [6, 6.07) is 15.1. The topological polar surface area (TPSA) is 116 Å². The van der Waals surface area contributed by atoms with E-state index in [1.165, 1.54) is 6.92 Å². The Hall–Kier alpha value is -2.54. The van der Waals surface area contributed by atoms with E-state index in [4.69, 9.17) is 5.26 Å². The van der Waals surface area contributed by atoms with Crippen molar-refractivity contribution in [1.82, 2.24) is 0 Å². The van der Waals surface area contributed by atoms with E-state index in [9.17, 15) is 17.8 Å². The van der Waals surface area contributed by atoms with Crippen molar-refractivity contribution in [2.45, 2.75) is 69.6 Å². The van der Waals surface area contributed by atoms with Crippen LogP contribution in [0, 0.1) is 0 Å². The summed E-state index contributed by atoms with van der Waals surface area (Å²) in [7, 11) is -4.13. The maximum Gasteiger partial charge on any atom is 0.264 e. The number of anilines is 1. The Labute approximate surface area is 234 Å². The first-order chi connectivity index (χ1) is 18.6. The molecule has 39 heavy (non-hydrogen) atoms. The second-order valence-corrected chi connectivity index (χ2v) is 12.1. The predicted molar refractivity (Wildman–Crippen MR) is 153 cm³/mol. The third kappa shape index (κ3) is 8.23. The van der Waals surface area contributed by atoms with E-state index >= 15 is 0 Å². The first kappa shape index (κ1) is 31.0. The van der Waals surface area contributed by atoms with Gasteiger partial charge in [-0.2, -0.15) is 13.0 Å². The summed E-state index contributed by atoms with van der Waals surface area (Å²) in [5.41, 5.74) is 2.95. The quantitative estimate of drug-likeness (QED) is 0.0634. The number of carbonyl (C=O) groups is 1. The van der Waals surface area contributed by atoms with Crippen LogP contribution in [0.15, 0.2) is 65.7 Å². The first-order valence-corrected chi connectivity index (χ1v) is 15.4. The van der Waals surface area contributed by atoms with Crippen LogP contribution in [0.4, 0.5) is 11.4 Å². The van der Waals surface area contributed by atoms with Gasteiger partial charge in [-0.3, -0.25) is 14.2 Å². The van der Waals surface area contributed by atoms with Gasteiger partial charge >= 0.3 is 0 Å². The van der Waals surface area contributed by atoms with Gasteiger partial charge in [0.25, 0.3) is 10.1 Å². The van der Waals surface area contributed by atoms with E-state index < -0.39 is 15.5 Å². The molecule has 3 rings (SSSR count). The Balaban J connectivity index is 2.11. The highest BCUT2D eigenvalue weighted by molar-refractivity contribution is 7.94. The molecule has 1 aliphatic heterocycles. The molecule has 11 heteroatoms. The van der Waals surface area contributed by atoms with E-state index in [1.807, 2.05) is 61.5 Å². The summed E-state index contributed by atoms with van der Waals surface area (Å²) in [4.78, 5) is 14.9. The van der Waals surface area contributed by atoms with Crippen LogP contribution in [0.3, 0.4) is 0 Å². The lowest BCUT2D eigenvalue weighted by Crippen LogP contribution is -2.33. The van der Waals surface area contributed by atoms with Gasteiger partial charge in [0.05, 0.1) is 23.2 Å². The molecule has 2 N–H and O–H groups in total. The van der Waals surface area contributed by atoms with Crippen molar-refractivity contribution in [3.8, 4) is 0 Å². The number of nitrogens with zero attached hydrogens (tertiary/aromatic N) is 2. The summed E-state index contributed by atoms with van der Waals surface area (Å²) in [5, 5.41) is 12.4. The van der Waals surface area contributed by atoms with Crippen LogP contribution in [0.1, 0.15) is 64.9 Å².